The van der Waals surface area contributed by atoms with Gasteiger partial charge in [0.15, 0.2) is 11.5 Å². The molecule has 6 heteroatoms. The van der Waals surface area contributed by atoms with Crippen molar-refractivity contribution >= 4 is 5.69 Å². The molecule has 1 atom stereocenters. The summed E-state index contributed by atoms with van der Waals surface area (Å²) in [5.41, 5.74) is 3.85. The van der Waals surface area contributed by atoms with Gasteiger partial charge in [-0.1, -0.05) is 30.3 Å². The lowest BCUT2D eigenvalue weighted by Gasteiger charge is -2.37. The van der Waals surface area contributed by atoms with Crippen molar-refractivity contribution in [2.45, 2.75) is 32.6 Å². The number of hydrogen-bond acceptors (Lipinski definition) is 6. The summed E-state index contributed by atoms with van der Waals surface area (Å²) in [4.78, 5) is 9.15. The van der Waals surface area contributed by atoms with Gasteiger partial charge in [0.1, 0.15) is 6.10 Å². The van der Waals surface area contributed by atoms with Gasteiger partial charge in [0.25, 0.3) is 0 Å². The first-order valence-corrected chi connectivity index (χ1v) is 11.5. The zero-order valence-electron chi connectivity index (χ0n) is 19.6. The third-order valence-corrected chi connectivity index (χ3v) is 5.91. The number of aliphatic hydroxyl groups excluding tert-OH is 1. The van der Waals surface area contributed by atoms with Crippen molar-refractivity contribution in [2.24, 2.45) is 0 Å². The van der Waals surface area contributed by atoms with Gasteiger partial charge in [-0.3, -0.25) is 9.88 Å². The number of rotatable bonds is 8. The van der Waals surface area contributed by atoms with Crippen LogP contribution >= 0.6 is 0 Å². The first-order chi connectivity index (χ1) is 16.0. The molecule has 0 bridgehead atoms. The summed E-state index contributed by atoms with van der Waals surface area (Å²) in [5, 5.41) is 11.0. The van der Waals surface area contributed by atoms with Gasteiger partial charge in [-0.25, -0.2) is 0 Å². The van der Waals surface area contributed by atoms with Gasteiger partial charge in [-0.15, -0.1) is 0 Å². The molecule has 1 N–H and O–H groups in total. The highest BCUT2D eigenvalue weighted by atomic mass is 16.5. The van der Waals surface area contributed by atoms with E-state index in [1.807, 2.05) is 56.3 Å². The van der Waals surface area contributed by atoms with Gasteiger partial charge >= 0.3 is 0 Å². The Bertz CT molecular complexity index is 1030. The van der Waals surface area contributed by atoms with Crippen LogP contribution < -0.4 is 14.4 Å². The number of hydrogen-bond donors (Lipinski definition) is 1. The van der Waals surface area contributed by atoms with E-state index >= 15 is 0 Å². The van der Waals surface area contributed by atoms with Crippen LogP contribution in [0.5, 0.6) is 11.5 Å². The van der Waals surface area contributed by atoms with Crippen molar-refractivity contribution in [2.75, 3.05) is 38.2 Å². The lowest BCUT2D eigenvalue weighted by molar-refractivity contribution is 0.214. The molecule has 174 valence electrons. The molecule has 0 aliphatic carbocycles. The number of nitrogens with zero attached hydrogens (tertiary/aromatic N) is 3. The minimum absolute atomic E-state index is 0.108. The molecule has 1 unspecified atom stereocenters. The van der Waals surface area contributed by atoms with E-state index in [9.17, 15) is 5.11 Å². The first kappa shape index (κ1) is 23.1. The molecule has 3 aromatic rings. The standard InChI is InChI=1S/C27H33N3O3/c1-20(2)33-25-12-11-21(18-26(25)32-3)19-29-14-16-30(17-15-29)24-10-5-4-8-22(24)27(31)23-9-6-7-13-28-23/h4-13,18,20,27,31H,14-17,19H2,1-3H3. The normalized spacial score (nSPS) is 15.5. The Kier molecular flexibility index (Phi) is 7.47. The van der Waals surface area contributed by atoms with Crippen LogP contribution in [0.15, 0.2) is 66.9 Å². The zero-order valence-corrected chi connectivity index (χ0v) is 19.6. The van der Waals surface area contributed by atoms with Crippen molar-refractivity contribution in [3.63, 3.8) is 0 Å². The van der Waals surface area contributed by atoms with Crippen LogP contribution in [0.3, 0.4) is 0 Å². The average Bonchev–Trinajstić information content (AvgIpc) is 2.85. The molecule has 6 nitrogen and oxygen atoms in total. The Balaban J connectivity index is 1.41. The van der Waals surface area contributed by atoms with Crippen LogP contribution in [-0.4, -0.2) is 54.4 Å². The average molecular weight is 448 g/mol. The predicted octanol–water partition coefficient (Wildman–Crippen LogP) is 4.28. The number of piperazine rings is 1. The summed E-state index contributed by atoms with van der Waals surface area (Å²) in [6.07, 6.45) is 1.09. The fraction of sp³-hybridized carbons (Fsp3) is 0.370. The Morgan fingerprint density at radius 3 is 2.39 bits per heavy atom. The molecule has 0 radical (unpaired) electrons. The van der Waals surface area contributed by atoms with Gasteiger partial charge in [-0.05, 0) is 49.7 Å². The van der Waals surface area contributed by atoms with Crippen molar-refractivity contribution in [1.29, 1.82) is 0 Å². The third-order valence-electron chi connectivity index (χ3n) is 5.91. The number of ether oxygens (including phenoxy) is 2. The maximum absolute atomic E-state index is 11.0. The van der Waals surface area contributed by atoms with Crippen molar-refractivity contribution in [3.8, 4) is 11.5 Å². The van der Waals surface area contributed by atoms with E-state index in [2.05, 4.69) is 33.0 Å². The fourth-order valence-corrected chi connectivity index (χ4v) is 4.27. The lowest BCUT2D eigenvalue weighted by atomic mass is 10.0. The molecule has 2 heterocycles. The van der Waals surface area contributed by atoms with Gasteiger partial charge < -0.3 is 19.5 Å². The molecule has 33 heavy (non-hydrogen) atoms. The molecule has 1 aliphatic rings. The second kappa shape index (κ2) is 10.7. The number of aliphatic hydroxyl groups is 1. The Hall–Kier alpha value is -3.09. The van der Waals surface area contributed by atoms with E-state index in [-0.39, 0.29) is 6.10 Å². The molecule has 1 aliphatic heterocycles. The molecular formula is C27H33N3O3. The summed E-state index contributed by atoms with van der Waals surface area (Å²) in [6, 6.07) is 19.9. The smallest absolute Gasteiger partial charge is 0.161 e. The van der Waals surface area contributed by atoms with Gasteiger partial charge in [0, 0.05) is 50.2 Å². The van der Waals surface area contributed by atoms with Crippen LogP contribution in [0.4, 0.5) is 5.69 Å². The summed E-state index contributed by atoms with van der Waals surface area (Å²) < 4.78 is 11.4. The lowest BCUT2D eigenvalue weighted by Crippen LogP contribution is -2.46. The van der Waals surface area contributed by atoms with Crippen molar-refractivity contribution in [3.05, 3.63) is 83.7 Å². The monoisotopic (exact) mass is 447 g/mol. The maximum Gasteiger partial charge on any atom is 0.161 e. The molecule has 0 spiro atoms. The van der Waals surface area contributed by atoms with Crippen LogP contribution in [0, 0.1) is 0 Å². The SMILES string of the molecule is COc1cc(CN2CCN(c3ccccc3C(O)c3ccccn3)CC2)ccc1OC(C)C. The van der Waals surface area contributed by atoms with Crippen LogP contribution in [-0.2, 0) is 6.54 Å². The number of para-hydroxylation sites is 1. The third kappa shape index (κ3) is 5.64. The second-order valence-electron chi connectivity index (χ2n) is 8.63. The van der Waals surface area contributed by atoms with Crippen molar-refractivity contribution < 1.29 is 14.6 Å². The van der Waals surface area contributed by atoms with Gasteiger partial charge in [0.05, 0.1) is 18.9 Å². The van der Waals surface area contributed by atoms with Crippen LogP contribution in [0.2, 0.25) is 0 Å². The van der Waals surface area contributed by atoms with E-state index in [0.29, 0.717) is 5.69 Å². The largest absolute Gasteiger partial charge is 0.493 e. The fourth-order valence-electron chi connectivity index (χ4n) is 4.27. The number of benzene rings is 2. The summed E-state index contributed by atoms with van der Waals surface area (Å²) in [7, 11) is 1.68. The topological polar surface area (TPSA) is 58.1 Å². The summed E-state index contributed by atoms with van der Waals surface area (Å²) >= 11 is 0. The molecule has 1 aromatic heterocycles. The molecule has 0 saturated carbocycles. The number of pyridine rings is 1. The van der Waals surface area contributed by atoms with E-state index in [0.717, 1.165) is 55.5 Å². The highest BCUT2D eigenvalue weighted by molar-refractivity contribution is 5.56. The molecule has 4 rings (SSSR count). The zero-order chi connectivity index (χ0) is 23.2. The highest BCUT2D eigenvalue weighted by Crippen LogP contribution is 2.32. The predicted molar refractivity (Wildman–Crippen MR) is 131 cm³/mol. The molecule has 1 saturated heterocycles. The van der Waals surface area contributed by atoms with Gasteiger partial charge in [0.2, 0.25) is 0 Å². The summed E-state index contributed by atoms with van der Waals surface area (Å²) in [6.45, 7) is 8.58. The van der Waals surface area contributed by atoms with Gasteiger partial charge in [-0.2, -0.15) is 0 Å². The molecule has 1 fully saturated rings. The molecular weight excluding hydrogens is 414 g/mol. The number of anilines is 1. The summed E-state index contributed by atoms with van der Waals surface area (Å²) in [5.74, 6) is 1.56. The minimum atomic E-state index is -0.737. The van der Waals surface area contributed by atoms with E-state index in [4.69, 9.17) is 9.47 Å². The van der Waals surface area contributed by atoms with E-state index in [1.165, 1.54) is 5.56 Å². The van der Waals surface area contributed by atoms with E-state index < -0.39 is 6.10 Å². The molecule has 0 amide bonds. The van der Waals surface area contributed by atoms with Crippen LogP contribution in [0.25, 0.3) is 0 Å². The van der Waals surface area contributed by atoms with Crippen LogP contribution in [0.1, 0.15) is 36.8 Å². The second-order valence-corrected chi connectivity index (χ2v) is 8.63. The van der Waals surface area contributed by atoms with Crippen molar-refractivity contribution in [1.82, 2.24) is 9.88 Å². The quantitative estimate of drug-likeness (QED) is 0.556. The minimum Gasteiger partial charge on any atom is -0.493 e. The van der Waals surface area contributed by atoms with E-state index in [1.54, 1.807) is 13.3 Å². The number of methoxy groups -OCH3 is 1. The highest BCUT2D eigenvalue weighted by Gasteiger charge is 2.23. The Morgan fingerprint density at radius 1 is 0.939 bits per heavy atom. The Labute approximate surface area is 196 Å². The molecule has 2 aromatic carbocycles. The maximum atomic E-state index is 11.0. The first-order valence-electron chi connectivity index (χ1n) is 11.5. The Morgan fingerprint density at radius 2 is 1.70 bits per heavy atom. The number of aromatic nitrogens is 1.